The maximum atomic E-state index is 6.26. The molecule has 1 N–H and O–H groups in total. The second kappa shape index (κ2) is 8.96. The van der Waals surface area contributed by atoms with E-state index in [0.29, 0.717) is 29.6 Å². The fraction of sp³-hybridized carbons (Fsp3) is 0.120. The fourth-order valence-corrected chi connectivity index (χ4v) is 3.40. The van der Waals surface area contributed by atoms with Gasteiger partial charge < -0.3 is 10.1 Å². The number of rotatable bonds is 6. The molecule has 0 spiro atoms. The van der Waals surface area contributed by atoms with Gasteiger partial charge in [0.25, 0.3) is 0 Å². The van der Waals surface area contributed by atoms with Gasteiger partial charge in [0.2, 0.25) is 0 Å². The summed E-state index contributed by atoms with van der Waals surface area (Å²) in [6, 6.07) is 19.3. The molecule has 162 valence electrons. The highest BCUT2D eigenvalue weighted by Crippen LogP contribution is 2.33. The van der Waals surface area contributed by atoms with Crippen LogP contribution in [0.15, 0.2) is 88.5 Å². The van der Waals surface area contributed by atoms with Crippen molar-refractivity contribution in [2.75, 3.05) is 11.9 Å². The van der Waals surface area contributed by atoms with Crippen LogP contribution in [-0.2, 0) is 0 Å². The van der Waals surface area contributed by atoms with Gasteiger partial charge in [-0.1, -0.05) is 18.2 Å². The van der Waals surface area contributed by atoms with Crippen LogP contribution in [0.1, 0.15) is 16.8 Å². The van der Waals surface area contributed by atoms with Crippen molar-refractivity contribution in [1.29, 1.82) is 0 Å². The van der Waals surface area contributed by atoms with Gasteiger partial charge in [0.05, 0.1) is 11.4 Å². The standard InChI is InChI=1S/C25H21N7O/c1-16-12-23(25(29-17(16)2)21-8-3-4-10-26-21)33-20-9-11-27-24(14-20)30-19-7-5-6-18(13-19)22-15-28-32-31-22/h3-14H,15H2,1-2H3,(H,27,30). The molecule has 3 aromatic heterocycles. The van der Waals surface area contributed by atoms with E-state index in [1.54, 1.807) is 12.4 Å². The third-order valence-corrected chi connectivity index (χ3v) is 5.22. The number of aryl methyl sites for hydroxylation is 2. The smallest absolute Gasteiger partial charge is 0.155 e. The first-order chi connectivity index (χ1) is 16.2. The number of anilines is 2. The van der Waals surface area contributed by atoms with Crippen molar-refractivity contribution in [1.82, 2.24) is 15.0 Å². The lowest BCUT2D eigenvalue weighted by Gasteiger charge is -2.14. The van der Waals surface area contributed by atoms with Crippen molar-refractivity contribution in [3.8, 4) is 22.9 Å². The third-order valence-electron chi connectivity index (χ3n) is 5.22. The molecule has 4 heterocycles. The molecule has 8 nitrogen and oxygen atoms in total. The van der Waals surface area contributed by atoms with Gasteiger partial charge in [0, 0.05) is 35.4 Å². The molecule has 8 heteroatoms. The third kappa shape index (κ3) is 4.59. The predicted octanol–water partition coefficient (Wildman–Crippen LogP) is 5.86. The molecule has 4 aromatic rings. The molecule has 1 aromatic carbocycles. The molecular weight excluding hydrogens is 414 g/mol. The SMILES string of the molecule is Cc1cc(Oc2ccnc(Nc3cccc(C4=NN=NC4)c3)c2)c(-c2ccccn2)nc1C. The number of hydrogen-bond acceptors (Lipinski definition) is 8. The topological polar surface area (TPSA) is 97.0 Å². The van der Waals surface area contributed by atoms with Crippen molar-refractivity contribution in [2.24, 2.45) is 15.4 Å². The maximum absolute atomic E-state index is 6.26. The normalized spacial score (nSPS) is 12.5. The van der Waals surface area contributed by atoms with Crippen molar-refractivity contribution in [3.63, 3.8) is 0 Å². The number of hydrogen-bond donors (Lipinski definition) is 1. The van der Waals surface area contributed by atoms with E-state index >= 15 is 0 Å². The molecule has 0 saturated heterocycles. The van der Waals surface area contributed by atoms with E-state index in [1.807, 2.05) is 74.5 Å². The van der Waals surface area contributed by atoms with Gasteiger partial charge in [0.1, 0.15) is 23.8 Å². The zero-order valence-corrected chi connectivity index (χ0v) is 18.2. The molecule has 0 amide bonds. The number of ether oxygens (including phenoxy) is 1. The van der Waals surface area contributed by atoms with E-state index in [9.17, 15) is 0 Å². The first-order valence-corrected chi connectivity index (χ1v) is 10.5. The Morgan fingerprint density at radius 1 is 0.909 bits per heavy atom. The van der Waals surface area contributed by atoms with Crippen LogP contribution in [0, 0.1) is 13.8 Å². The van der Waals surface area contributed by atoms with Gasteiger partial charge >= 0.3 is 0 Å². The Morgan fingerprint density at radius 3 is 2.67 bits per heavy atom. The lowest BCUT2D eigenvalue weighted by atomic mass is 10.1. The van der Waals surface area contributed by atoms with E-state index in [2.05, 4.69) is 30.7 Å². The number of aromatic nitrogens is 3. The predicted molar refractivity (Wildman–Crippen MR) is 127 cm³/mol. The molecule has 0 aliphatic carbocycles. The molecular formula is C25H21N7O. The van der Waals surface area contributed by atoms with E-state index < -0.39 is 0 Å². The minimum Gasteiger partial charge on any atom is -0.455 e. The van der Waals surface area contributed by atoms with Crippen molar-refractivity contribution in [3.05, 3.63) is 89.9 Å². The summed E-state index contributed by atoms with van der Waals surface area (Å²) in [5.74, 6) is 1.94. The second-order valence-corrected chi connectivity index (χ2v) is 7.57. The van der Waals surface area contributed by atoms with Crippen molar-refractivity contribution < 1.29 is 4.74 Å². The van der Waals surface area contributed by atoms with Gasteiger partial charge in [-0.2, -0.15) is 5.11 Å². The Kier molecular flexibility index (Phi) is 5.55. The first-order valence-electron chi connectivity index (χ1n) is 10.5. The van der Waals surface area contributed by atoms with E-state index in [0.717, 1.165) is 33.9 Å². The van der Waals surface area contributed by atoms with Crippen LogP contribution in [0.4, 0.5) is 11.5 Å². The van der Waals surface area contributed by atoms with Crippen LogP contribution < -0.4 is 10.1 Å². The second-order valence-electron chi connectivity index (χ2n) is 7.57. The van der Waals surface area contributed by atoms with Gasteiger partial charge in [-0.05, 0) is 61.0 Å². The molecule has 0 bridgehead atoms. The van der Waals surface area contributed by atoms with Gasteiger partial charge in [-0.3, -0.25) is 4.98 Å². The Labute approximate surface area is 191 Å². The van der Waals surface area contributed by atoms with Crippen molar-refractivity contribution >= 4 is 17.2 Å². The summed E-state index contributed by atoms with van der Waals surface area (Å²) < 4.78 is 6.26. The van der Waals surface area contributed by atoms with Crippen LogP contribution in [0.5, 0.6) is 11.5 Å². The molecule has 33 heavy (non-hydrogen) atoms. The van der Waals surface area contributed by atoms with Crippen LogP contribution in [-0.4, -0.2) is 27.2 Å². The minimum absolute atomic E-state index is 0.494. The zero-order chi connectivity index (χ0) is 22.6. The summed E-state index contributed by atoms with van der Waals surface area (Å²) in [7, 11) is 0. The molecule has 0 atom stereocenters. The molecule has 1 aliphatic heterocycles. The highest BCUT2D eigenvalue weighted by atomic mass is 16.5. The summed E-state index contributed by atoms with van der Waals surface area (Å²) in [6.45, 7) is 4.49. The summed E-state index contributed by atoms with van der Waals surface area (Å²) in [4.78, 5) is 13.6. The van der Waals surface area contributed by atoms with Gasteiger partial charge in [-0.15, -0.1) is 5.10 Å². The Bertz CT molecular complexity index is 1370. The van der Waals surface area contributed by atoms with Crippen LogP contribution in [0.3, 0.4) is 0 Å². The molecule has 5 rings (SSSR count). The lowest BCUT2D eigenvalue weighted by Crippen LogP contribution is -2.02. The number of nitrogens with zero attached hydrogens (tertiary/aromatic N) is 6. The minimum atomic E-state index is 0.494. The number of nitrogens with one attached hydrogen (secondary N) is 1. The summed E-state index contributed by atoms with van der Waals surface area (Å²) in [5.41, 5.74) is 6.13. The number of pyridine rings is 3. The first kappa shape index (κ1) is 20.4. The molecule has 0 unspecified atom stereocenters. The molecule has 0 radical (unpaired) electrons. The highest BCUT2D eigenvalue weighted by molar-refractivity contribution is 6.03. The van der Waals surface area contributed by atoms with Gasteiger partial charge in [0.15, 0.2) is 5.75 Å². The Hall–Kier alpha value is -4.46. The van der Waals surface area contributed by atoms with Gasteiger partial charge in [-0.25, -0.2) is 9.97 Å². The zero-order valence-electron chi connectivity index (χ0n) is 18.2. The highest BCUT2D eigenvalue weighted by Gasteiger charge is 2.14. The summed E-state index contributed by atoms with van der Waals surface area (Å²) >= 11 is 0. The van der Waals surface area contributed by atoms with Crippen molar-refractivity contribution in [2.45, 2.75) is 13.8 Å². The summed E-state index contributed by atoms with van der Waals surface area (Å²) in [6.07, 6.45) is 3.45. The lowest BCUT2D eigenvalue weighted by molar-refractivity contribution is 0.481. The Balaban J connectivity index is 1.41. The van der Waals surface area contributed by atoms with E-state index in [1.165, 1.54) is 0 Å². The monoisotopic (exact) mass is 435 g/mol. The van der Waals surface area contributed by atoms with Crippen LogP contribution >= 0.6 is 0 Å². The fourth-order valence-electron chi connectivity index (χ4n) is 3.40. The maximum Gasteiger partial charge on any atom is 0.155 e. The summed E-state index contributed by atoms with van der Waals surface area (Å²) in [5, 5.41) is 15.0. The quantitative estimate of drug-likeness (QED) is 0.409. The van der Waals surface area contributed by atoms with Crippen LogP contribution in [0.2, 0.25) is 0 Å². The average Bonchev–Trinajstić information content (AvgIpc) is 3.38. The van der Waals surface area contributed by atoms with Crippen LogP contribution in [0.25, 0.3) is 11.4 Å². The Morgan fingerprint density at radius 2 is 1.85 bits per heavy atom. The van der Waals surface area contributed by atoms with E-state index in [-0.39, 0.29) is 0 Å². The molecule has 0 fully saturated rings. The molecule has 1 aliphatic rings. The largest absolute Gasteiger partial charge is 0.455 e. The average molecular weight is 435 g/mol. The number of benzene rings is 1. The molecule has 0 saturated carbocycles. The van der Waals surface area contributed by atoms with E-state index in [4.69, 9.17) is 9.72 Å².